The minimum absolute atomic E-state index is 0.215. The Morgan fingerprint density at radius 1 is 1.38 bits per heavy atom. The number of aliphatic hydroxyl groups is 1. The monoisotopic (exact) mass is 351 g/mol. The maximum atomic E-state index is 8.67. The van der Waals surface area contributed by atoms with E-state index in [9.17, 15) is 0 Å². The highest BCUT2D eigenvalue weighted by molar-refractivity contribution is 9.11. The first-order chi connectivity index (χ1) is 7.69. The van der Waals surface area contributed by atoms with E-state index in [1.54, 1.807) is 7.11 Å². The third-order valence-corrected chi connectivity index (χ3v) is 3.16. The van der Waals surface area contributed by atoms with Gasteiger partial charge in [0.2, 0.25) is 0 Å². The Hall–Kier alpha value is -0.100. The van der Waals surface area contributed by atoms with Crippen LogP contribution in [-0.4, -0.2) is 25.4 Å². The lowest BCUT2D eigenvalue weighted by molar-refractivity contribution is 0.286. The lowest BCUT2D eigenvalue weighted by atomic mass is 10.2. The molecule has 0 spiro atoms. The molecule has 0 saturated heterocycles. The zero-order chi connectivity index (χ0) is 12.0. The van der Waals surface area contributed by atoms with E-state index in [-0.39, 0.29) is 6.61 Å². The van der Waals surface area contributed by atoms with Crippen molar-refractivity contribution in [1.82, 2.24) is 5.32 Å². The van der Waals surface area contributed by atoms with Gasteiger partial charge in [-0.15, -0.1) is 0 Å². The average Bonchev–Trinajstić information content (AvgIpc) is 2.24. The van der Waals surface area contributed by atoms with Crippen LogP contribution in [0.1, 0.15) is 12.0 Å². The van der Waals surface area contributed by atoms with Crippen molar-refractivity contribution in [2.75, 3.05) is 20.3 Å². The summed E-state index contributed by atoms with van der Waals surface area (Å²) >= 11 is 6.90. The number of ether oxygens (including phenoxy) is 1. The van der Waals surface area contributed by atoms with Gasteiger partial charge in [-0.1, -0.05) is 15.9 Å². The molecule has 1 aromatic carbocycles. The van der Waals surface area contributed by atoms with Crippen LogP contribution in [0.2, 0.25) is 0 Å². The number of hydrogen-bond acceptors (Lipinski definition) is 3. The molecule has 0 aliphatic heterocycles. The largest absolute Gasteiger partial charge is 0.495 e. The first-order valence-electron chi connectivity index (χ1n) is 5.02. The first-order valence-corrected chi connectivity index (χ1v) is 6.61. The van der Waals surface area contributed by atoms with Gasteiger partial charge >= 0.3 is 0 Å². The molecule has 0 fully saturated rings. The molecule has 16 heavy (non-hydrogen) atoms. The smallest absolute Gasteiger partial charge is 0.137 e. The van der Waals surface area contributed by atoms with Gasteiger partial charge in [-0.25, -0.2) is 0 Å². The van der Waals surface area contributed by atoms with Crippen LogP contribution < -0.4 is 10.1 Å². The molecule has 3 nitrogen and oxygen atoms in total. The Bertz CT molecular complexity index is 345. The summed E-state index contributed by atoms with van der Waals surface area (Å²) in [5.74, 6) is 0.847. The molecule has 0 heterocycles. The standard InChI is InChI=1S/C11H15Br2NO2/c1-16-11-8(7-14-3-2-4-15)5-9(12)6-10(11)13/h5-6,14-15H,2-4,7H2,1H3. The van der Waals surface area contributed by atoms with Crippen LogP contribution in [0.15, 0.2) is 21.1 Å². The molecular weight excluding hydrogens is 338 g/mol. The molecule has 0 aliphatic carbocycles. The third-order valence-electron chi connectivity index (χ3n) is 2.12. The molecule has 90 valence electrons. The number of aliphatic hydroxyl groups excluding tert-OH is 1. The van der Waals surface area contributed by atoms with E-state index in [1.807, 2.05) is 12.1 Å². The van der Waals surface area contributed by atoms with Crippen LogP contribution in [0.4, 0.5) is 0 Å². The molecule has 0 aromatic heterocycles. The summed E-state index contributed by atoms with van der Waals surface area (Å²) in [5, 5.41) is 11.9. The average molecular weight is 353 g/mol. The van der Waals surface area contributed by atoms with Crippen LogP contribution in [0.25, 0.3) is 0 Å². The number of hydrogen-bond donors (Lipinski definition) is 2. The van der Waals surface area contributed by atoms with E-state index in [0.29, 0.717) is 0 Å². The molecular formula is C11H15Br2NO2. The number of halogens is 2. The molecule has 1 aromatic rings. The summed E-state index contributed by atoms with van der Waals surface area (Å²) in [6.45, 7) is 1.73. The molecule has 5 heteroatoms. The van der Waals surface area contributed by atoms with E-state index in [0.717, 1.165) is 39.8 Å². The van der Waals surface area contributed by atoms with Crippen LogP contribution in [-0.2, 0) is 6.54 Å². The highest BCUT2D eigenvalue weighted by atomic mass is 79.9. The van der Waals surface area contributed by atoms with Crippen molar-refractivity contribution in [1.29, 1.82) is 0 Å². The molecule has 2 N–H and O–H groups in total. The summed E-state index contributed by atoms with van der Waals surface area (Å²) in [7, 11) is 1.66. The van der Waals surface area contributed by atoms with Crippen LogP contribution >= 0.6 is 31.9 Å². The SMILES string of the molecule is COc1c(Br)cc(Br)cc1CNCCCO. The van der Waals surface area contributed by atoms with Crippen LogP contribution in [0.5, 0.6) is 5.75 Å². The Morgan fingerprint density at radius 2 is 2.12 bits per heavy atom. The Morgan fingerprint density at radius 3 is 2.75 bits per heavy atom. The van der Waals surface area contributed by atoms with Gasteiger partial charge in [-0.05, 0) is 41.0 Å². The molecule has 0 unspecified atom stereocenters. The van der Waals surface area contributed by atoms with Gasteiger partial charge in [0.05, 0.1) is 11.6 Å². The molecule has 0 aliphatic rings. The zero-order valence-corrected chi connectivity index (χ0v) is 12.3. The second-order valence-electron chi connectivity index (χ2n) is 3.33. The van der Waals surface area contributed by atoms with Gasteiger partial charge < -0.3 is 15.2 Å². The molecule has 0 atom stereocenters. The lowest BCUT2D eigenvalue weighted by Gasteiger charge is -2.12. The molecule has 0 saturated carbocycles. The van der Waals surface area contributed by atoms with Crippen molar-refractivity contribution in [3.63, 3.8) is 0 Å². The van der Waals surface area contributed by atoms with Gasteiger partial charge in [0.1, 0.15) is 5.75 Å². The van der Waals surface area contributed by atoms with E-state index < -0.39 is 0 Å². The van der Waals surface area contributed by atoms with Crippen LogP contribution in [0, 0.1) is 0 Å². The van der Waals surface area contributed by atoms with Crippen molar-refractivity contribution >= 4 is 31.9 Å². The van der Waals surface area contributed by atoms with Gasteiger partial charge in [0, 0.05) is 23.2 Å². The minimum Gasteiger partial charge on any atom is -0.495 e. The lowest BCUT2D eigenvalue weighted by Crippen LogP contribution is -2.16. The summed E-state index contributed by atoms with van der Waals surface area (Å²) in [6, 6.07) is 3.98. The van der Waals surface area contributed by atoms with Gasteiger partial charge in [0.15, 0.2) is 0 Å². The quantitative estimate of drug-likeness (QED) is 0.773. The fourth-order valence-electron chi connectivity index (χ4n) is 1.40. The van der Waals surface area contributed by atoms with Gasteiger partial charge in [-0.3, -0.25) is 0 Å². The summed E-state index contributed by atoms with van der Waals surface area (Å²) in [5.41, 5.74) is 1.08. The predicted octanol–water partition coefficient (Wildman–Crippen LogP) is 2.69. The third kappa shape index (κ3) is 4.05. The predicted molar refractivity (Wildman–Crippen MR) is 71.8 cm³/mol. The highest BCUT2D eigenvalue weighted by Crippen LogP contribution is 2.32. The fourth-order valence-corrected chi connectivity index (χ4v) is 2.88. The maximum absolute atomic E-state index is 8.67. The highest BCUT2D eigenvalue weighted by Gasteiger charge is 2.08. The zero-order valence-electron chi connectivity index (χ0n) is 9.09. The van der Waals surface area contributed by atoms with Crippen molar-refractivity contribution in [2.45, 2.75) is 13.0 Å². The molecule has 0 amide bonds. The normalized spacial score (nSPS) is 10.5. The summed E-state index contributed by atoms with van der Waals surface area (Å²) in [4.78, 5) is 0. The summed E-state index contributed by atoms with van der Waals surface area (Å²) < 4.78 is 7.28. The minimum atomic E-state index is 0.215. The second kappa shape index (κ2) is 7.27. The van der Waals surface area contributed by atoms with Crippen molar-refractivity contribution in [3.05, 3.63) is 26.6 Å². The van der Waals surface area contributed by atoms with E-state index in [2.05, 4.69) is 37.2 Å². The molecule has 1 rings (SSSR count). The number of nitrogens with one attached hydrogen (secondary N) is 1. The maximum Gasteiger partial charge on any atom is 0.137 e. The van der Waals surface area contributed by atoms with E-state index >= 15 is 0 Å². The summed E-state index contributed by atoms with van der Waals surface area (Å²) in [6.07, 6.45) is 0.761. The number of methoxy groups -OCH3 is 1. The van der Waals surface area contributed by atoms with Crippen molar-refractivity contribution in [3.8, 4) is 5.75 Å². The fraction of sp³-hybridized carbons (Fsp3) is 0.455. The Kier molecular flexibility index (Phi) is 6.34. The van der Waals surface area contributed by atoms with Crippen LogP contribution in [0.3, 0.4) is 0 Å². The van der Waals surface area contributed by atoms with Crippen molar-refractivity contribution in [2.24, 2.45) is 0 Å². The second-order valence-corrected chi connectivity index (χ2v) is 5.10. The van der Waals surface area contributed by atoms with E-state index in [4.69, 9.17) is 9.84 Å². The van der Waals surface area contributed by atoms with Crippen molar-refractivity contribution < 1.29 is 9.84 Å². The first kappa shape index (κ1) is 14.0. The molecule has 0 bridgehead atoms. The van der Waals surface area contributed by atoms with E-state index in [1.165, 1.54) is 0 Å². The number of rotatable bonds is 6. The Balaban J connectivity index is 2.69. The van der Waals surface area contributed by atoms with Gasteiger partial charge in [-0.2, -0.15) is 0 Å². The number of benzene rings is 1. The molecule has 0 radical (unpaired) electrons. The van der Waals surface area contributed by atoms with Gasteiger partial charge in [0.25, 0.3) is 0 Å². The Labute approximate surface area is 112 Å². The topological polar surface area (TPSA) is 41.5 Å².